The Labute approximate surface area is 201 Å². The highest BCUT2D eigenvalue weighted by atomic mass is 16.2. The fourth-order valence-corrected chi connectivity index (χ4v) is 5.55. The first-order chi connectivity index (χ1) is 16.4. The van der Waals surface area contributed by atoms with Crippen LogP contribution in [0, 0.1) is 12.8 Å². The van der Waals surface area contributed by atoms with Crippen LogP contribution in [0.25, 0.3) is 10.9 Å². The number of para-hydroxylation sites is 1. The van der Waals surface area contributed by atoms with E-state index < -0.39 is 6.04 Å². The molecular weight excluding hydrogens is 430 g/mol. The Morgan fingerprint density at radius 1 is 1.03 bits per heavy atom. The van der Waals surface area contributed by atoms with E-state index >= 15 is 0 Å². The fraction of sp³-hybridized carbons (Fsp3) is 0.577. The second-order valence-electron chi connectivity index (χ2n) is 9.69. The molecule has 1 unspecified atom stereocenters. The zero-order valence-electron chi connectivity index (χ0n) is 20.6. The van der Waals surface area contributed by atoms with Crippen LogP contribution < -0.4 is 10.6 Å². The standard InChI is InChI=1S/C26H37N5O3/c1-18-8-7-11-20-16-21(29(3)24(18)20)25(33)30-12-14-31(15-13-30)26(34)23(28-22(32)17-27-2)19-9-5-4-6-10-19/h7-8,11,16,19,23,27H,4-6,9-10,12-15,17H2,1-3H3,(H,28,32). The summed E-state index contributed by atoms with van der Waals surface area (Å²) in [6.45, 7) is 4.21. The molecule has 2 aliphatic rings. The number of piperazine rings is 1. The summed E-state index contributed by atoms with van der Waals surface area (Å²) in [5, 5.41) is 6.92. The van der Waals surface area contributed by atoms with Gasteiger partial charge in [0.2, 0.25) is 11.8 Å². The molecule has 8 heteroatoms. The van der Waals surface area contributed by atoms with Gasteiger partial charge in [0.15, 0.2) is 0 Å². The van der Waals surface area contributed by atoms with Crippen LogP contribution in [0.1, 0.15) is 48.2 Å². The van der Waals surface area contributed by atoms with E-state index in [0.29, 0.717) is 31.9 Å². The molecule has 0 radical (unpaired) electrons. The highest BCUT2D eigenvalue weighted by Crippen LogP contribution is 2.28. The summed E-state index contributed by atoms with van der Waals surface area (Å²) in [6, 6.07) is 7.57. The van der Waals surface area contributed by atoms with Crippen molar-refractivity contribution in [3.63, 3.8) is 0 Å². The first kappa shape index (κ1) is 24.3. The number of aromatic nitrogens is 1. The van der Waals surface area contributed by atoms with Crippen molar-refractivity contribution < 1.29 is 14.4 Å². The zero-order valence-corrected chi connectivity index (χ0v) is 20.6. The summed E-state index contributed by atoms with van der Waals surface area (Å²) in [4.78, 5) is 42.8. The maximum absolute atomic E-state index is 13.5. The van der Waals surface area contributed by atoms with Crippen molar-refractivity contribution in [1.29, 1.82) is 0 Å². The van der Waals surface area contributed by atoms with E-state index in [1.54, 1.807) is 7.05 Å². The molecule has 2 fully saturated rings. The number of hydrogen-bond donors (Lipinski definition) is 2. The normalized spacial score (nSPS) is 18.2. The van der Waals surface area contributed by atoms with Crippen LogP contribution in [-0.4, -0.2) is 77.9 Å². The van der Waals surface area contributed by atoms with Gasteiger partial charge in [0.25, 0.3) is 5.91 Å². The molecule has 0 bridgehead atoms. The number of rotatable bonds is 6. The molecule has 2 aromatic rings. The molecule has 1 saturated heterocycles. The second kappa shape index (κ2) is 10.6. The molecule has 1 saturated carbocycles. The van der Waals surface area contributed by atoms with Crippen molar-refractivity contribution in [2.24, 2.45) is 13.0 Å². The minimum absolute atomic E-state index is 0.00338. The molecule has 1 aromatic heterocycles. The van der Waals surface area contributed by atoms with Gasteiger partial charge in [0.1, 0.15) is 11.7 Å². The lowest BCUT2D eigenvalue weighted by Gasteiger charge is -2.39. The third kappa shape index (κ3) is 4.97. The highest BCUT2D eigenvalue weighted by Gasteiger charge is 2.35. The number of carbonyl (C=O) groups excluding carboxylic acids is 3. The Morgan fingerprint density at radius 3 is 2.35 bits per heavy atom. The van der Waals surface area contributed by atoms with Crippen LogP contribution in [-0.2, 0) is 16.6 Å². The Hall–Kier alpha value is -2.87. The maximum atomic E-state index is 13.5. The Morgan fingerprint density at radius 2 is 1.71 bits per heavy atom. The lowest BCUT2D eigenvalue weighted by molar-refractivity contribution is -0.139. The molecule has 34 heavy (non-hydrogen) atoms. The van der Waals surface area contributed by atoms with Crippen molar-refractivity contribution >= 4 is 28.6 Å². The lowest BCUT2D eigenvalue weighted by Crippen LogP contribution is -2.58. The summed E-state index contributed by atoms with van der Waals surface area (Å²) in [5.41, 5.74) is 2.89. The Kier molecular flexibility index (Phi) is 7.56. The molecule has 1 atom stereocenters. The topological polar surface area (TPSA) is 86.7 Å². The average Bonchev–Trinajstić information content (AvgIpc) is 3.20. The monoisotopic (exact) mass is 467 g/mol. The van der Waals surface area contributed by atoms with E-state index in [2.05, 4.69) is 23.6 Å². The summed E-state index contributed by atoms with van der Waals surface area (Å²) in [5.74, 6) is 0.0205. The second-order valence-corrected chi connectivity index (χ2v) is 9.69. The first-order valence-corrected chi connectivity index (χ1v) is 12.5. The van der Waals surface area contributed by atoms with Gasteiger partial charge in [-0.1, -0.05) is 37.5 Å². The highest BCUT2D eigenvalue weighted by molar-refractivity contribution is 5.99. The third-order valence-electron chi connectivity index (χ3n) is 7.40. The Balaban J connectivity index is 1.43. The number of aryl methyl sites for hydroxylation is 2. The third-order valence-corrected chi connectivity index (χ3v) is 7.40. The fourth-order valence-electron chi connectivity index (χ4n) is 5.55. The molecule has 1 aliphatic carbocycles. The van der Waals surface area contributed by atoms with E-state index in [1.807, 2.05) is 39.6 Å². The van der Waals surface area contributed by atoms with Gasteiger partial charge in [-0.25, -0.2) is 0 Å². The van der Waals surface area contributed by atoms with Crippen LogP contribution in [0.2, 0.25) is 0 Å². The van der Waals surface area contributed by atoms with E-state index in [-0.39, 0.29) is 30.2 Å². The van der Waals surface area contributed by atoms with Gasteiger partial charge in [-0.2, -0.15) is 0 Å². The predicted molar refractivity (Wildman–Crippen MR) is 133 cm³/mol. The summed E-state index contributed by atoms with van der Waals surface area (Å²) in [7, 11) is 3.66. The lowest BCUT2D eigenvalue weighted by atomic mass is 9.83. The van der Waals surface area contributed by atoms with Gasteiger partial charge in [-0.3, -0.25) is 14.4 Å². The summed E-state index contributed by atoms with van der Waals surface area (Å²) < 4.78 is 1.97. The van der Waals surface area contributed by atoms with Crippen molar-refractivity contribution in [3.05, 3.63) is 35.5 Å². The molecule has 1 aromatic carbocycles. The van der Waals surface area contributed by atoms with Crippen molar-refractivity contribution in [3.8, 4) is 0 Å². The van der Waals surface area contributed by atoms with E-state index in [9.17, 15) is 14.4 Å². The average molecular weight is 468 g/mol. The molecule has 0 spiro atoms. The number of fused-ring (bicyclic) bond motifs is 1. The van der Waals surface area contributed by atoms with Gasteiger partial charge in [0, 0.05) is 38.6 Å². The molecule has 184 valence electrons. The van der Waals surface area contributed by atoms with Crippen LogP contribution in [0.15, 0.2) is 24.3 Å². The van der Waals surface area contributed by atoms with Crippen molar-refractivity contribution in [1.82, 2.24) is 25.0 Å². The molecule has 3 amide bonds. The number of likely N-dealkylation sites (N-methyl/N-ethyl adjacent to an activating group) is 1. The molecule has 2 N–H and O–H groups in total. The molecular formula is C26H37N5O3. The largest absolute Gasteiger partial charge is 0.343 e. The van der Waals surface area contributed by atoms with Crippen LogP contribution in [0.5, 0.6) is 0 Å². The SMILES string of the molecule is CNCC(=O)NC(C(=O)N1CCN(C(=O)c2cc3cccc(C)c3n2C)CC1)C1CCCCC1. The molecule has 2 heterocycles. The van der Waals surface area contributed by atoms with Crippen molar-refractivity contribution in [2.75, 3.05) is 39.8 Å². The summed E-state index contributed by atoms with van der Waals surface area (Å²) in [6.07, 6.45) is 5.33. The van der Waals surface area contributed by atoms with Crippen LogP contribution >= 0.6 is 0 Å². The number of amides is 3. The smallest absolute Gasteiger partial charge is 0.270 e. The van der Waals surface area contributed by atoms with E-state index in [1.165, 1.54) is 6.42 Å². The van der Waals surface area contributed by atoms with Crippen LogP contribution in [0.4, 0.5) is 0 Å². The number of nitrogens with zero attached hydrogens (tertiary/aromatic N) is 3. The summed E-state index contributed by atoms with van der Waals surface area (Å²) >= 11 is 0. The number of hydrogen-bond acceptors (Lipinski definition) is 4. The molecule has 8 nitrogen and oxygen atoms in total. The van der Waals surface area contributed by atoms with Gasteiger partial charge >= 0.3 is 0 Å². The Bertz CT molecular complexity index is 1050. The number of carbonyl (C=O) groups is 3. The van der Waals surface area contributed by atoms with E-state index in [4.69, 9.17) is 0 Å². The van der Waals surface area contributed by atoms with Crippen molar-refractivity contribution in [2.45, 2.75) is 45.1 Å². The number of nitrogens with one attached hydrogen (secondary N) is 2. The van der Waals surface area contributed by atoms with Gasteiger partial charge in [0.05, 0.1) is 12.1 Å². The minimum atomic E-state index is -0.482. The quantitative estimate of drug-likeness (QED) is 0.681. The van der Waals surface area contributed by atoms with E-state index in [0.717, 1.165) is 42.1 Å². The molecule has 1 aliphatic heterocycles. The minimum Gasteiger partial charge on any atom is -0.343 e. The number of benzene rings is 1. The van der Waals surface area contributed by atoms with Gasteiger partial charge in [-0.15, -0.1) is 0 Å². The zero-order chi connectivity index (χ0) is 24.2. The molecule has 4 rings (SSSR count). The predicted octanol–water partition coefficient (Wildman–Crippen LogP) is 2.06. The van der Waals surface area contributed by atoms with Gasteiger partial charge in [-0.05, 0) is 44.4 Å². The maximum Gasteiger partial charge on any atom is 0.270 e. The van der Waals surface area contributed by atoms with Gasteiger partial charge < -0.3 is 25.0 Å². The van der Waals surface area contributed by atoms with Crippen LogP contribution in [0.3, 0.4) is 0 Å². The first-order valence-electron chi connectivity index (χ1n) is 12.5.